The van der Waals surface area contributed by atoms with Gasteiger partial charge < -0.3 is 10.1 Å². The Morgan fingerprint density at radius 3 is 2.91 bits per heavy atom. The van der Waals surface area contributed by atoms with Crippen molar-refractivity contribution < 1.29 is 18.7 Å². The van der Waals surface area contributed by atoms with Gasteiger partial charge in [-0.3, -0.25) is 14.6 Å². The molecule has 1 aromatic heterocycles. The molecule has 3 rings (SSSR count). The smallest absolute Gasteiger partial charge is 0.262 e. The maximum Gasteiger partial charge on any atom is 0.262 e. The molecule has 0 unspecified atom stereocenters. The van der Waals surface area contributed by atoms with Crippen LogP contribution in [0.1, 0.15) is 22.0 Å². The van der Waals surface area contributed by atoms with Gasteiger partial charge in [-0.1, -0.05) is 6.07 Å². The Kier molecular flexibility index (Phi) is 3.73. The summed E-state index contributed by atoms with van der Waals surface area (Å²) in [5, 5.41) is 11.9. The molecule has 7 heteroatoms. The molecule has 0 fully saturated rings. The minimum absolute atomic E-state index is 0.149. The molecule has 0 saturated heterocycles. The van der Waals surface area contributed by atoms with Gasteiger partial charge in [0.05, 0.1) is 29.2 Å². The number of hydrogen-bond acceptors (Lipinski definition) is 5. The maximum atomic E-state index is 12.9. The highest BCUT2D eigenvalue weighted by Crippen LogP contribution is 2.34. The predicted octanol–water partition coefficient (Wildman–Crippen LogP) is 2.04. The monoisotopic (exact) mass is 311 g/mol. The second kappa shape index (κ2) is 5.85. The van der Waals surface area contributed by atoms with Crippen LogP contribution in [-0.2, 0) is 4.79 Å². The molecule has 0 spiro atoms. The summed E-state index contributed by atoms with van der Waals surface area (Å²) in [5.41, 5.74) is 0.687. The minimum Gasteiger partial charge on any atom is -0.481 e. The fourth-order valence-electron chi connectivity index (χ4n) is 2.28. The SMILES string of the molecule is N#C[C@H](C(=O)c1cccc2c1OCC(=O)N2)c1ccc(F)cn1. The summed E-state index contributed by atoms with van der Waals surface area (Å²) < 4.78 is 18.3. The number of nitrogens with one attached hydrogen (secondary N) is 1. The lowest BCUT2D eigenvalue weighted by Gasteiger charge is -2.20. The molecule has 1 aromatic carbocycles. The molecular weight excluding hydrogens is 301 g/mol. The third-order valence-electron chi connectivity index (χ3n) is 3.34. The van der Waals surface area contributed by atoms with E-state index in [1.807, 2.05) is 6.07 Å². The van der Waals surface area contributed by atoms with Crippen molar-refractivity contribution in [3.8, 4) is 11.8 Å². The van der Waals surface area contributed by atoms with E-state index in [9.17, 15) is 19.2 Å². The number of aromatic nitrogens is 1. The average molecular weight is 311 g/mol. The molecule has 2 heterocycles. The first kappa shape index (κ1) is 14.7. The molecule has 23 heavy (non-hydrogen) atoms. The van der Waals surface area contributed by atoms with Crippen molar-refractivity contribution in [1.29, 1.82) is 5.26 Å². The van der Waals surface area contributed by atoms with Crippen LogP contribution >= 0.6 is 0 Å². The van der Waals surface area contributed by atoms with Gasteiger partial charge >= 0.3 is 0 Å². The Morgan fingerprint density at radius 2 is 2.22 bits per heavy atom. The lowest BCUT2D eigenvalue weighted by atomic mass is 9.94. The van der Waals surface area contributed by atoms with Crippen molar-refractivity contribution in [3.05, 3.63) is 53.6 Å². The zero-order valence-electron chi connectivity index (χ0n) is 11.7. The van der Waals surface area contributed by atoms with Crippen LogP contribution in [0.3, 0.4) is 0 Å². The van der Waals surface area contributed by atoms with Crippen molar-refractivity contribution in [2.45, 2.75) is 5.92 Å². The first-order valence-electron chi connectivity index (χ1n) is 6.71. The van der Waals surface area contributed by atoms with Crippen LogP contribution in [-0.4, -0.2) is 23.3 Å². The topological polar surface area (TPSA) is 92.1 Å². The average Bonchev–Trinajstić information content (AvgIpc) is 2.56. The summed E-state index contributed by atoms with van der Waals surface area (Å²) in [4.78, 5) is 27.8. The Hall–Kier alpha value is -3.27. The summed E-state index contributed by atoms with van der Waals surface area (Å²) >= 11 is 0. The Balaban J connectivity index is 1.99. The number of ketones is 1. The number of amides is 1. The van der Waals surface area contributed by atoms with Crippen molar-refractivity contribution in [2.24, 2.45) is 0 Å². The first-order chi connectivity index (χ1) is 11.1. The second-order valence-corrected chi connectivity index (χ2v) is 4.85. The van der Waals surface area contributed by atoms with E-state index in [4.69, 9.17) is 4.74 Å². The van der Waals surface area contributed by atoms with Gasteiger partial charge in [-0.15, -0.1) is 0 Å². The predicted molar refractivity (Wildman–Crippen MR) is 77.4 cm³/mol. The van der Waals surface area contributed by atoms with E-state index < -0.39 is 17.5 Å². The maximum absolute atomic E-state index is 12.9. The van der Waals surface area contributed by atoms with E-state index >= 15 is 0 Å². The van der Waals surface area contributed by atoms with Crippen LogP contribution in [0, 0.1) is 17.1 Å². The normalized spacial score (nSPS) is 14.0. The number of nitriles is 1. The first-order valence-corrected chi connectivity index (χ1v) is 6.71. The standard InChI is InChI=1S/C16H10FN3O3/c17-9-4-5-12(19-7-9)11(6-18)15(22)10-2-1-3-13-16(10)23-8-14(21)20-13/h1-5,7,11H,8H2,(H,20,21)/t11-/m0/s1. The number of benzene rings is 1. The van der Waals surface area contributed by atoms with Gasteiger partial charge in [0.2, 0.25) is 0 Å². The van der Waals surface area contributed by atoms with E-state index in [1.165, 1.54) is 12.1 Å². The molecule has 6 nitrogen and oxygen atoms in total. The molecule has 0 radical (unpaired) electrons. The number of hydrogen-bond donors (Lipinski definition) is 1. The van der Waals surface area contributed by atoms with Gasteiger partial charge in [-0.2, -0.15) is 5.26 Å². The highest BCUT2D eigenvalue weighted by atomic mass is 19.1. The number of halogens is 1. The van der Waals surface area contributed by atoms with Gasteiger partial charge in [0.1, 0.15) is 5.82 Å². The number of anilines is 1. The zero-order chi connectivity index (χ0) is 16.4. The fraction of sp³-hybridized carbons (Fsp3) is 0.125. The molecule has 1 atom stereocenters. The second-order valence-electron chi connectivity index (χ2n) is 4.85. The molecular formula is C16H10FN3O3. The van der Waals surface area contributed by atoms with E-state index in [0.29, 0.717) is 5.69 Å². The number of rotatable bonds is 3. The third-order valence-corrected chi connectivity index (χ3v) is 3.34. The van der Waals surface area contributed by atoms with Crippen molar-refractivity contribution in [3.63, 3.8) is 0 Å². The van der Waals surface area contributed by atoms with Gasteiger partial charge in [0.25, 0.3) is 5.91 Å². The molecule has 0 aliphatic carbocycles. The van der Waals surface area contributed by atoms with Gasteiger partial charge in [-0.05, 0) is 24.3 Å². The van der Waals surface area contributed by atoms with E-state index in [2.05, 4.69) is 10.3 Å². The number of pyridine rings is 1. The lowest BCUT2D eigenvalue weighted by molar-refractivity contribution is -0.118. The number of fused-ring (bicyclic) bond motifs is 1. The van der Waals surface area contributed by atoms with Gasteiger partial charge in [0.15, 0.2) is 24.1 Å². The van der Waals surface area contributed by atoms with Gasteiger partial charge in [0, 0.05) is 0 Å². The van der Waals surface area contributed by atoms with E-state index in [0.717, 1.165) is 12.3 Å². The Labute approximate surface area is 130 Å². The van der Waals surface area contributed by atoms with Crippen molar-refractivity contribution >= 4 is 17.4 Å². The van der Waals surface area contributed by atoms with Crippen LogP contribution in [0.4, 0.5) is 10.1 Å². The number of ether oxygens (including phenoxy) is 1. The summed E-state index contributed by atoms with van der Waals surface area (Å²) in [6.45, 7) is -0.205. The molecule has 1 N–H and O–H groups in total. The molecule has 114 valence electrons. The highest BCUT2D eigenvalue weighted by Gasteiger charge is 2.29. The largest absolute Gasteiger partial charge is 0.481 e. The summed E-state index contributed by atoms with van der Waals surface area (Å²) in [6, 6.07) is 8.98. The van der Waals surface area contributed by atoms with Crippen molar-refractivity contribution in [1.82, 2.24) is 4.98 Å². The number of Topliss-reactive ketones (excluding diaryl/α,β-unsaturated/α-hetero) is 1. The summed E-state index contributed by atoms with van der Waals surface area (Å²) in [5.74, 6) is -2.37. The summed E-state index contributed by atoms with van der Waals surface area (Å²) in [7, 11) is 0. The molecule has 1 aliphatic rings. The number of para-hydroxylation sites is 1. The quantitative estimate of drug-likeness (QED) is 0.876. The molecule has 1 aliphatic heterocycles. The van der Waals surface area contributed by atoms with Crippen LogP contribution in [0.5, 0.6) is 5.75 Å². The Bertz CT molecular complexity index is 827. The van der Waals surface area contributed by atoms with Crippen LogP contribution in [0.25, 0.3) is 0 Å². The van der Waals surface area contributed by atoms with Crippen molar-refractivity contribution in [2.75, 3.05) is 11.9 Å². The molecule has 0 bridgehead atoms. The molecule has 2 aromatic rings. The number of nitrogens with zero attached hydrogens (tertiary/aromatic N) is 2. The number of carbonyl (C=O) groups excluding carboxylic acids is 2. The molecule has 1 amide bonds. The van der Waals surface area contributed by atoms with Crippen LogP contribution < -0.4 is 10.1 Å². The van der Waals surface area contributed by atoms with E-state index in [1.54, 1.807) is 12.1 Å². The fourth-order valence-corrected chi connectivity index (χ4v) is 2.28. The van der Waals surface area contributed by atoms with Gasteiger partial charge in [-0.25, -0.2) is 4.39 Å². The Morgan fingerprint density at radius 1 is 1.39 bits per heavy atom. The van der Waals surface area contributed by atoms with Crippen LogP contribution in [0.15, 0.2) is 36.5 Å². The summed E-state index contributed by atoms with van der Waals surface area (Å²) in [6.07, 6.45) is 0.949. The van der Waals surface area contributed by atoms with E-state index in [-0.39, 0.29) is 29.5 Å². The third kappa shape index (κ3) is 2.74. The number of carbonyl (C=O) groups is 2. The van der Waals surface area contributed by atoms with Crippen LogP contribution in [0.2, 0.25) is 0 Å². The minimum atomic E-state index is -1.19. The highest BCUT2D eigenvalue weighted by molar-refractivity contribution is 6.07. The lowest BCUT2D eigenvalue weighted by Crippen LogP contribution is -2.27. The zero-order valence-corrected chi connectivity index (χ0v) is 11.7. The molecule has 0 saturated carbocycles.